The first-order valence-corrected chi connectivity index (χ1v) is 10.6. The monoisotopic (exact) mass is 402 g/mol. The van der Waals surface area contributed by atoms with Crippen LogP contribution in [0.1, 0.15) is 66.5 Å². The molecule has 3 aromatic rings. The van der Waals surface area contributed by atoms with Crippen LogP contribution in [0.4, 0.5) is 0 Å². The van der Waals surface area contributed by atoms with Gasteiger partial charge in [-0.3, -0.25) is 4.79 Å². The van der Waals surface area contributed by atoms with Crippen LogP contribution in [0, 0.1) is 0 Å². The zero-order chi connectivity index (χ0) is 19.1. The number of thiophene rings is 1. The molecule has 0 unspecified atom stereocenters. The minimum absolute atomic E-state index is 0.0274. The minimum Gasteiger partial charge on any atom is -0.334 e. The van der Waals surface area contributed by atoms with Crippen LogP contribution in [0.3, 0.4) is 0 Å². The Bertz CT molecular complexity index is 989. The van der Waals surface area contributed by atoms with E-state index in [1.807, 2.05) is 34.7 Å². The van der Waals surface area contributed by atoms with Crippen molar-refractivity contribution in [2.24, 2.45) is 0 Å². The predicted molar refractivity (Wildman–Crippen MR) is 110 cm³/mol. The molecule has 142 valence electrons. The summed E-state index contributed by atoms with van der Waals surface area (Å²) in [5.74, 6) is 0.502. The predicted octanol–water partition coefficient (Wildman–Crippen LogP) is 5.27. The van der Waals surface area contributed by atoms with Gasteiger partial charge in [0, 0.05) is 29.1 Å². The molecular formula is C20H23ClN4OS. The summed E-state index contributed by atoms with van der Waals surface area (Å²) in [4.78, 5) is 21.2. The molecule has 0 saturated heterocycles. The number of hydrogen-bond acceptors (Lipinski definition) is 4. The molecule has 1 amide bonds. The fourth-order valence-corrected chi connectivity index (χ4v) is 4.41. The molecule has 3 aromatic heterocycles. The van der Waals surface area contributed by atoms with Crippen LogP contribution < -0.4 is 0 Å². The zero-order valence-corrected chi connectivity index (χ0v) is 17.3. The molecule has 1 saturated carbocycles. The largest absolute Gasteiger partial charge is 0.334 e. The van der Waals surface area contributed by atoms with E-state index in [1.54, 1.807) is 6.20 Å². The lowest BCUT2D eigenvalue weighted by Gasteiger charge is -2.21. The second-order valence-electron chi connectivity index (χ2n) is 7.31. The fourth-order valence-electron chi connectivity index (χ4n) is 3.30. The van der Waals surface area contributed by atoms with E-state index in [-0.39, 0.29) is 11.9 Å². The summed E-state index contributed by atoms with van der Waals surface area (Å²) in [6, 6.07) is 6.04. The van der Waals surface area contributed by atoms with Crippen LogP contribution in [0.15, 0.2) is 24.4 Å². The average molecular weight is 403 g/mol. The summed E-state index contributed by atoms with van der Waals surface area (Å²) in [5.41, 5.74) is 2.54. The Hall–Kier alpha value is -1.92. The molecule has 4 rings (SSSR count). The maximum Gasteiger partial charge on any atom is 0.255 e. The van der Waals surface area contributed by atoms with Crippen molar-refractivity contribution in [3.8, 4) is 0 Å². The van der Waals surface area contributed by atoms with Gasteiger partial charge in [0.25, 0.3) is 5.91 Å². The van der Waals surface area contributed by atoms with Crippen LogP contribution in [-0.2, 0) is 6.54 Å². The van der Waals surface area contributed by atoms with Gasteiger partial charge in [-0.1, -0.05) is 11.6 Å². The van der Waals surface area contributed by atoms with Crippen LogP contribution in [0.25, 0.3) is 11.0 Å². The molecule has 5 nitrogen and oxygen atoms in total. The molecule has 0 N–H and O–H groups in total. The number of fused-ring (bicyclic) bond motifs is 1. The summed E-state index contributed by atoms with van der Waals surface area (Å²) in [6.07, 6.45) is 4.07. The van der Waals surface area contributed by atoms with E-state index in [2.05, 4.69) is 18.9 Å². The van der Waals surface area contributed by atoms with Crippen molar-refractivity contribution in [3.05, 3.63) is 44.9 Å². The summed E-state index contributed by atoms with van der Waals surface area (Å²) in [6.45, 7) is 7.37. The van der Waals surface area contributed by atoms with Gasteiger partial charge < -0.3 is 4.90 Å². The van der Waals surface area contributed by atoms with Crippen LogP contribution in [0.5, 0.6) is 0 Å². The highest BCUT2D eigenvalue weighted by Gasteiger charge is 2.29. The number of carbonyl (C=O) groups excluding carboxylic acids is 1. The number of hydrogen-bond donors (Lipinski definition) is 0. The van der Waals surface area contributed by atoms with Gasteiger partial charge in [0.1, 0.15) is 0 Å². The topological polar surface area (TPSA) is 51.0 Å². The SMILES string of the molecule is CCN(Cc1ccc(Cl)s1)C(=O)c1cc(C2CC2)nc2c1cnn2C(C)C. The van der Waals surface area contributed by atoms with E-state index < -0.39 is 0 Å². The lowest BCUT2D eigenvalue weighted by molar-refractivity contribution is 0.0756. The molecule has 0 aromatic carbocycles. The second kappa shape index (κ2) is 7.24. The summed E-state index contributed by atoms with van der Waals surface area (Å²) in [5, 5.41) is 5.33. The van der Waals surface area contributed by atoms with Crippen molar-refractivity contribution >= 4 is 39.9 Å². The Morgan fingerprint density at radius 2 is 2.19 bits per heavy atom. The first-order chi connectivity index (χ1) is 13.0. The van der Waals surface area contributed by atoms with Gasteiger partial charge >= 0.3 is 0 Å². The molecule has 0 aliphatic heterocycles. The Labute approximate surface area is 168 Å². The molecule has 0 atom stereocenters. The van der Waals surface area contributed by atoms with Gasteiger partial charge in [0.05, 0.1) is 28.0 Å². The van der Waals surface area contributed by atoms with E-state index in [4.69, 9.17) is 16.6 Å². The van der Waals surface area contributed by atoms with Gasteiger partial charge in [-0.15, -0.1) is 11.3 Å². The van der Waals surface area contributed by atoms with E-state index >= 15 is 0 Å². The zero-order valence-electron chi connectivity index (χ0n) is 15.8. The van der Waals surface area contributed by atoms with Crippen molar-refractivity contribution < 1.29 is 4.79 Å². The van der Waals surface area contributed by atoms with Gasteiger partial charge in [0.2, 0.25) is 0 Å². The minimum atomic E-state index is 0.0274. The first kappa shape index (κ1) is 18.4. The maximum atomic E-state index is 13.4. The number of nitrogens with zero attached hydrogens (tertiary/aromatic N) is 4. The first-order valence-electron chi connectivity index (χ1n) is 9.39. The molecule has 1 aliphatic rings. The Morgan fingerprint density at radius 3 is 2.78 bits per heavy atom. The van der Waals surface area contributed by atoms with Gasteiger partial charge in [-0.2, -0.15) is 5.10 Å². The quantitative estimate of drug-likeness (QED) is 0.564. The van der Waals surface area contributed by atoms with Crippen LogP contribution in [-0.4, -0.2) is 32.1 Å². The van der Waals surface area contributed by atoms with E-state index in [0.717, 1.165) is 38.8 Å². The summed E-state index contributed by atoms with van der Waals surface area (Å²) < 4.78 is 2.65. The third kappa shape index (κ3) is 3.60. The van der Waals surface area contributed by atoms with Gasteiger partial charge in [-0.25, -0.2) is 9.67 Å². The molecule has 7 heteroatoms. The summed E-state index contributed by atoms with van der Waals surface area (Å²) in [7, 11) is 0. The third-order valence-electron chi connectivity index (χ3n) is 4.95. The van der Waals surface area contributed by atoms with Crippen molar-refractivity contribution in [1.29, 1.82) is 0 Å². The Kier molecular flexibility index (Phi) is 4.95. The van der Waals surface area contributed by atoms with E-state index in [1.165, 1.54) is 11.3 Å². The van der Waals surface area contributed by atoms with Gasteiger partial charge in [0.15, 0.2) is 5.65 Å². The maximum absolute atomic E-state index is 13.4. The highest BCUT2D eigenvalue weighted by molar-refractivity contribution is 7.16. The summed E-state index contributed by atoms with van der Waals surface area (Å²) >= 11 is 7.57. The van der Waals surface area contributed by atoms with E-state index in [0.29, 0.717) is 24.6 Å². The van der Waals surface area contributed by atoms with Crippen molar-refractivity contribution in [2.75, 3.05) is 6.54 Å². The molecule has 1 aliphatic carbocycles. The standard InChI is InChI=1S/C20H23ClN4OS/c1-4-24(11-14-7-8-18(21)27-14)20(26)15-9-17(13-5-6-13)23-19-16(15)10-22-25(19)12(2)3/h7-10,12-13H,4-6,11H2,1-3H3. The lowest BCUT2D eigenvalue weighted by Crippen LogP contribution is -2.30. The van der Waals surface area contributed by atoms with Crippen molar-refractivity contribution in [1.82, 2.24) is 19.7 Å². The highest BCUT2D eigenvalue weighted by Crippen LogP contribution is 2.40. The number of halogens is 1. The second-order valence-corrected chi connectivity index (χ2v) is 9.11. The molecule has 0 spiro atoms. The van der Waals surface area contributed by atoms with Crippen molar-refractivity contribution in [2.45, 2.75) is 52.1 Å². The molecular weight excluding hydrogens is 380 g/mol. The molecule has 27 heavy (non-hydrogen) atoms. The molecule has 3 heterocycles. The van der Waals surface area contributed by atoms with Crippen molar-refractivity contribution in [3.63, 3.8) is 0 Å². The number of amides is 1. The fraction of sp³-hybridized carbons (Fsp3) is 0.450. The highest BCUT2D eigenvalue weighted by atomic mass is 35.5. The van der Waals surface area contributed by atoms with E-state index in [9.17, 15) is 4.79 Å². The third-order valence-corrected chi connectivity index (χ3v) is 6.16. The van der Waals surface area contributed by atoms with Crippen LogP contribution in [0.2, 0.25) is 4.34 Å². The molecule has 0 radical (unpaired) electrons. The van der Waals surface area contributed by atoms with Gasteiger partial charge in [-0.05, 0) is 51.8 Å². The normalized spacial score (nSPS) is 14.3. The average Bonchev–Trinajstić information content (AvgIpc) is 3.28. The number of carbonyl (C=O) groups is 1. The Morgan fingerprint density at radius 1 is 1.41 bits per heavy atom. The Balaban J connectivity index is 1.75. The number of aromatic nitrogens is 3. The lowest BCUT2D eigenvalue weighted by atomic mass is 10.1. The smallest absolute Gasteiger partial charge is 0.255 e. The van der Waals surface area contributed by atoms with Crippen LogP contribution >= 0.6 is 22.9 Å². The number of pyridine rings is 1. The number of rotatable bonds is 6. The molecule has 1 fully saturated rings. The molecule has 0 bridgehead atoms.